The minimum atomic E-state index is 0.195. The Balaban J connectivity index is 2.43. The molecule has 0 aliphatic carbocycles. The van der Waals surface area contributed by atoms with Crippen LogP contribution in [-0.2, 0) is 13.0 Å². The van der Waals surface area contributed by atoms with Crippen molar-refractivity contribution in [2.45, 2.75) is 32.7 Å². The smallest absolute Gasteiger partial charge is 0.198 e. The number of nitrogens with zero attached hydrogens (tertiary/aromatic N) is 2. The lowest BCUT2D eigenvalue weighted by Crippen LogP contribution is -2.16. The van der Waals surface area contributed by atoms with Crippen LogP contribution in [0.4, 0.5) is 0 Å². The Labute approximate surface area is 71.4 Å². The molecule has 1 aromatic heterocycles. The summed E-state index contributed by atoms with van der Waals surface area (Å²) >= 11 is 0. The van der Waals surface area contributed by atoms with E-state index in [0.717, 1.165) is 25.1 Å². The van der Waals surface area contributed by atoms with Gasteiger partial charge < -0.3 is 4.57 Å². The number of Topliss-reactive ketones (excluding diaryl/α,β-unsaturated/α-hetero) is 1. The zero-order chi connectivity index (χ0) is 8.55. The van der Waals surface area contributed by atoms with Gasteiger partial charge in [0, 0.05) is 19.2 Å². The SMILES string of the molecule is CCc1cn2c(n1)C(=O)CCC2. The monoisotopic (exact) mass is 164 g/mol. The summed E-state index contributed by atoms with van der Waals surface area (Å²) in [5.74, 6) is 0.860. The van der Waals surface area contributed by atoms with Gasteiger partial charge in [0.05, 0.1) is 5.69 Å². The van der Waals surface area contributed by atoms with E-state index in [0.29, 0.717) is 12.2 Å². The highest BCUT2D eigenvalue weighted by Crippen LogP contribution is 2.14. The average Bonchev–Trinajstić information content (AvgIpc) is 2.49. The Morgan fingerprint density at radius 1 is 1.67 bits per heavy atom. The topological polar surface area (TPSA) is 34.9 Å². The molecule has 0 spiro atoms. The van der Waals surface area contributed by atoms with Crippen molar-refractivity contribution in [3.8, 4) is 0 Å². The Morgan fingerprint density at radius 3 is 3.17 bits per heavy atom. The average molecular weight is 164 g/mol. The lowest BCUT2D eigenvalue weighted by atomic mass is 10.1. The van der Waals surface area contributed by atoms with Crippen LogP contribution >= 0.6 is 0 Å². The molecule has 1 aliphatic rings. The van der Waals surface area contributed by atoms with E-state index in [9.17, 15) is 4.79 Å². The van der Waals surface area contributed by atoms with E-state index in [1.807, 2.05) is 10.8 Å². The molecule has 0 N–H and O–H groups in total. The number of ketones is 1. The van der Waals surface area contributed by atoms with Crippen molar-refractivity contribution in [2.75, 3.05) is 0 Å². The van der Waals surface area contributed by atoms with Gasteiger partial charge in [-0.15, -0.1) is 0 Å². The fourth-order valence-corrected chi connectivity index (χ4v) is 1.56. The maximum Gasteiger partial charge on any atom is 0.198 e. The first-order valence-electron chi connectivity index (χ1n) is 4.40. The van der Waals surface area contributed by atoms with Crippen molar-refractivity contribution in [1.29, 1.82) is 0 Å². The molecular weight excluding hydrogens is 152 g/mol. The second kappa shape index (κ2) is 2.73. The first-order chi connectivity index (χ1) is 5.81. The summed E-state index contributed by atoms with van der Waals surface area (Å²) in [5.41, 5.74) is 1.03. The number of hydrogen-bond acceptors (Lipinski definition) is 2. The minimum absolute atomic E-state index is 0.195. The highest BCUT2D eigenvalue weighted by atomic mass is 16.1. The molecule has 64 valence electrons. The summed E-state index contributed by atoms with van der Waals surface area (Å²) in [6.45, 7) is 3.01. The molecule has 2 heterocycles. The number of carbonyl (C=O) groups excluding carboxylic acids is 1. The second-order valence-corrected chi connectivity index (χ2v) is 3.13. The number of fused-ring (bicyclic) bond motifs is 1. The Bertz CT molecular complexity index is 314. The third-order valence-electron chi connectivity index (χ3n) is 2.24. The highest BCUT2D eigenvalue weighted by molar-refractivity contribution is 5.93. The van der Waals surface area contributed by atoms with Crippen LogP contribution in [0.15, 0.2) is 6.20 Å². The van der Waals surface area contributed by atoms with Crippen LogP contribution in [0.25, 0.3) is 0 Å². The number of aromatic nitrogens is 2. The maximum atomic E-state index is 11.3. The molecule has 12 heavy (non-hydrogen) atoms. The standard InChI is InChI=1S/C9H12N2O/c1-2-7-6-11-5-3-4-8(12)9(11)10-7/h6H,2-5H2,1H3. The largest absolute Gasteiger partial charge is 0.328 e. The summed E-state index contributed by atoms with van der Waals surface area (Å²) in [6.07, 6.45) is 4.53. The summed E-state index contributed by atoms with van der Waals surface area (Å²) in [6, 6.07) is 0. The molecule has 0 aromatic carbocycles. The fourth-order valence-electron chi connectivity index (χ4n) is 1.56. The summed E-state index contributed by atoms with van der Waals surface area (Å²) in [7, 11) is 0. The normalized spacial score (nSPS) is 16.2. The van der Waals surface area contributed by atoms with Gasteiger partial charge in [0.15, 0.2) is 11.6 Å². The molecule has 1 aromatic rings. The van der Waals surface area contributed by atoms with E-state index < -0.39 is 0 Å². The minimum Gasteiger partial charge on any atom is -0.328 e. The number of imidazole rings is 1. The molecule has 0 amide bonds. The molecule has 0 saturated heterocycles. The van der Waals surface area contributed by atoms with Crippen LogP contribution < -0.4 is 0 Å². The van der Waals surface area contributed by atoms with Crippen molar-refractivity contribution < 1.29 is 4.79 Å². The zero-order valence-electron chi connectivity index (χ0n) is 7.21. The van der Waals surface area contributed by atoms with Crippen molar-refractivity contribution in [2.24, 2.45) is 0 Å². The summed E-state index contributed by atoms with van der Waals surface area (Å²) in [5, 5.41) is 0. The fraction of sp³-hybridized carbons (Fsp3) is 0.556. The Morgan fingerprint density at radius 2 is 2.50 bits per heavy atom. The van der Waals surface area contributed by atoms with Crippen molar-refractivity contribution in [3.63, 3.8) is 0 Å². The summed E-state index contributed by atoms with van der Waals surface area (Å²) in [4.78, 5) is 15.6. The van der Waals surface area contributed by atoms with Gasteiger partial charge in [-0.1, -0.05) is 6.92 Å². The molecule has 0 unspecified atom stereocenters. The maximum absolute atomic E-state index is 11.3. The third-order valence-corrected chi connectivity index (χ3v) is 2.24. The molecule has 3 nitrogen and oxygen atoms in total. The quantitative estimate of drug-likeness (QED) is 0.629. The first-order valence-corrected chi connectivity index (χ1v) is 4.40. The number of rotatable bonds is 1. The molecule has 2 rings (SSSR count). The molecule has 0 bridgehead atoms. The molecule has 0 fully saturated rings. The van der Waals surface area contributed by atoms with Gasteiger partial charge in [-0.25, -0.2) is 4.98 Å². The van der Waals surface area contributed by atoms with Gasteiger partial charge in [0.2, 0.25) is 0 Å². The zero-order valence-corrected chi connectivity index (χ0v) is 7.21. The van der Waals surface area contributed by atoms with E-state index in [4.69, 9.17) is 0 Å². The van der Waals surface area contributed by atoms with E-state index in [-0.39, 0.29) is 5.78 Å². The van der Waals surface area contributed by atoms with Crippen LogP contribution in [0.3, 0.4) is 0 Å². The first kappa shape index (κ1) is 7.53. The Hall–Kier alpha value is -1.12. The van der Waals surface area contributed by atoms with E-state index in [1.54, 1.807) is 0 Å². The molecular formula is C9H12N2O. The lowest BCUT2D eigenvalue weighted by Gasteiger charge is -2.10. The van der Waals surface area contributed by atoms with Crippen LogP contribution in [0.2, 0.25) is 0 Å². The van der Waals surface area contributed by atoms with Crippen LogP contribution in [0.1, 0.15) is 36.1 Å². The van der Waals surface area contributed by atoms with Gasteiger partial charge in [-0.2, -0.15) is 0 Å². The highest BCUT2D eigenvalue weighted by Gasteiger charge is 2.18. The third kappa shape index (κ3) is 1.05. The van der Waals surface area contributed by atoms with E-state index in [1.165, 1.54) is 0 Å². The van der Waals surface area contributed by atoms with E-state index >= 15 is 0 Å². The van der Waals surface area contributed by atoms with Gasteiger partial charge in [-0.3, -0.25) is 4.79 Å². The predicted octanol–water partition coefficient (Wildman–Crippen LogP) is 1.42. The number of carbonyl (C=O) groups is 1. The molecule has 0 atom stereocenters. The molecule has 3 heteroatoms. The number of aryl methyl sites for hydroxylation is 2. The van der Waals surface area contributed by atoms with Gasteiger partial charge >= 0.3 is 0 Å². The van der Waals surface area contributed by atoms with Gasteiger partial charge in [0.25, 0.3) is 0 Å². The van der Waals surface area contributed by atoms with Crippen LogP contribution in [0, 0.1) is 0 Å². The molecule has 0 saturated carbocycles. The second-order valence-electron chi connectivity index (χ2n) is 3.13. The predicted molar refractivity (Wildman–Crippen MR) is 45.2 cm³/mol. The van der Waals surface area contributed by atoms with Gasteiger partial charge in [0.1, 0.15) is 0 Å². The van der Waals surface area contributed by atoms with Crippen LogP contribution in [0.5, 0.6) is 0 Å². The van der Waals surface area contributed by atoms with Crippen molar-refractivity contribution >= 4 is 5.78 Å². The molecule has 1 aliphatic heterocycles. The van der Waals surface area contributed by atoms with Crippen molar-refractivity contribution in [1.82, 2.24) is 9.55 Å². The summed E-state index contributed by atoms with van der Waals surface area (Å²) < 4.78 is 1.98. The molecule has 0 radical (unpaired) electrons. The van der Waals surface area contributed by atoms with Crippen LogP contribution in [-0.4, -0.2) is 15.3 Å². The Kier molecular flexibility index (Phi) is 1.71. The van der Waals surface area contributed by atoms with Gasteiger partial charge in [-0.05, 0) is 12.8 Å². The van der Waals surface area contributed by atoms with E-state index in [2.05, 4.69) is 11.9 Å². The lowest BCUT2D eigenvalue weighted by molar-refractivity contribution is 0.0949. The number of hydrogen-bond donors (Lipinski definition) is 0. The van der Waals surface area contributed by atoms with Crippen molar-refractivity contribution in [3.05, 3.63) is 17.7 Å².